The summed E-state index contributed by atoms with van der Waals surface area (Å²) in [4.78, 5) is 31.1. The van der Waals surface area contributed by atoms with Crippen molar-refractivity contribution >= 4 is 23.3 Å². The summed E-state index contributed by atoms with van der Waals surface area (Å²) in [5.41, 5.74) is 8.98. The lowest BCUT2D eigenvalue weighted by molar-refractivity contribution is -0.145. The number of nitrogens with two attached hydrogens (primary N) is 1. The van der Waals surface area contributed by atoms with Crippen LogP contribution in [0.1, 0.15) is 42.0 Å². The number of hydrogen-bond acceptors (Lipinski definition) is 4. The molecular formula is C20H24N4O2. The zero-order valence-corrected chi connectivity index (χ0v) is 15.2. The number of nitrogens with one attached hydrogen (secondary N) is 1. The fraction of sp³-hybridized carbons (Fsp3) is 0.350. The lowest BCUT2D eigenvalue weighted by Gasteiger charge is -2.35. The number of aromatic nitrogens is 1. The van der Waals surface area contributed by atoms with Gasteiger partial charge in [-0.05, 0) is 49.8 Å². The van der Waals surface area contributed by atoms with E-state index in [1.807, 2.05) is 44.2 Å². The highest BCUT2D eigenvalue weighted by molar-refractivity contribution is 6.39. The van der Waals surface area contributed by atoms with Crippen molar-refractivity contribution in [2.24, 2.45) is 0 Å². The minimum atomic E-state index is -0.637. The van der Waals surface area contributed by atoms with Gasteiger partial charge in [0.25, 0.3) is 0 Å². The van der Waals surface area contributed by atoms with Crippen molar-refractivity contribution in [1.29, 1.82) is 0 Å². The van der Waals surface area contributed by atoms with E-state index in [4.69, 9.17) is 5.73 Å². The van der Waals surface area contributed by atoms with Gasteiger partial charge < -0.3 is 16.0 Å². The van der Waals surface area contributed by atoms with E-state index in [1.165, 1.54) is 6.20 Å². The van der Waals surface area contributed by atoms with Gasteiger partial charge in [0.2, 0.25) is 0 Å². The molecule has 1 saturated heterocycles. The number of anilines is 2. The SMILES string of the molecule is Cc1c(NC(=O)C(=O)N2CCCC[C@@H]2c2ccccc2)cnc(N)c1C. The first-order valence-electron chi connectivity index (χ1n) is 8.87. The Bertz CT molecular complexity index is 820. The second-order valence-electron chi connectivity index (χ2n) is 6.68. The fourth-order valence-corrected chi connectivity index (χ4v) is 3.35. The van der Waals surface area contributed by atoms with Crippen molar-refractivity contribution in [3.05, 3.63) is 53.2 Å². The van der Waals surface area contributed by atoms with E-state index in [0.29, 0.717) is 18.1 Å². The predicted molar refractivity (Wildman–Crippen MR) is 102 cm³/mol. The summed E-state index contributed by atoms with van der Waals surface area (Å²) in [5.74, 6) is -0.721. The number of nitrogens with zero attached hydrogens (tertiary/aromatic N) is 2. The Morgan fingerprint density at radius 1 is 1.15 bits per heavy atom. The smallest absolute Gasteiger partial charge is 0.313 e. The van der Waals surface area contributed by atoms with Crippen LogP contribution in [-0.2, 0) is 9.59 Å². The Hall–Kier alpha value is -2.89. The molecule has 1 aliphatic heterocycles. The molecule has 0 saturated carbocycles. The maximum atomic E-state index is 12.8. The van der Waals surface area contributed by atoms with E-state index in [0.717, 1.165) is 36.0 Å². The summed E-state index contributed by atoms with van der Waals surface area (Å²) in [7, 11) is 0. The number of nitrogen functional groups attached to an aromatic ring is 1. The lowest BCUT2D eigenvalue weighted by atomic mass is 9.95. The zero-order chi connectivity index (χ0) is 18.7. The molecule has 6 nitrogen and oxygen atoms in total. The summed E-state index contributed by atoms with van der Waals surface area (Å²) in [6.45, 7) is 4.27. The van der Waals surface area contributed by atoms with Crippen LogP contribution in [0.2, 0.25) is 0 Å². The van der Waals surface area contributed by atoms with Crippen LogP contribution in [0.5, 0.6) is 0 Å². The third kappa shape index (κ3) is 3.54. The average Bonchev–Trinajstić information content (AvgIpc) is 2.68. The van der Waals surface area contributed by atoms with Crippen LogP contribution in [0.15, 0.2) is 36.5 Å². The van der Waals surface area contributed by atoms with Crippen molar-refractivity contribution in [2.75, 3.05) is 17.6 Å². The Balaban J connectivity index is 1.79. The van der Waals surface area contributed by atoms with Gasteiger partial charge in [0, 0.05) is 6.54 Å². The Labute approximate surface area is 153 Å². The van der Waals surface area contributed by atoms with Crippen molar-refractivity contribution in [2.45, 2.75) is 39.2 Å². The number of pyridine rings is 1. The second-order valence-corrected chi connectivity index (χ2v) is 6.68. The van der Waals surface area contributed by atoms with E-state index in [-0.39, 0.29) is 6.04 Å². The number of piperidine rings is 1. The van der Waals surface area contributed by atoms with Crippen molar-refractivity contribution in [1.82, 2.24) is 9.88 Å². The van der Waals surface area contributed by atoms with E-state index >= 15 is 0 Å². The number of carbonyl (C=O) groups is 2. The number of amides is 2. The van der Waals surface area contributed by atoms with Crippen LogP contribution in [-0.4, -0.2) is 28.2 Å². The molecule has 2 aromatic rings. The van der Waals surface area contributed by atoms with Crippen LogP contribution >= 0.6 is 0 Å². The number of benzene rings is 1. The number of carbonyl (C=O) groups excluding carboxylic acids is 2. The first-order chi connectivity index (χ1) is 12.5. The highest BCUT2D eigenvalue weighted by Gasteiger charge is 2.31. The molecule has 0 spiro atoms. The normalized spacial score (nSPS) is 17.0. The number of likely N-dealkylation sites (tertiary alicyclic amines) is 1. The second kappa shape index (κ2) is 7.56. The van der Waals surface area contributed by atoms with Gasteiger partial charge in [-0.3, -0.25) is 9.59 Å². The van der Waals surface area contributed by atoms with Gasteiger partial charge in [-0.25, -0.2) is 4.98 Å². The maximum absolute atomic E-state index is 12.8. The predicted octanol–water partition coefficient (Wildman–Crippen LogP) is 2.97. The molecule has 1 aromatic carbocycles. The number of hydrogen-bond donors (Lipinski definition) is 2. The molecule has 1 aliphatic rings. The van der Waals surface area contributed by atoms with Crippen LogP contribution in [0.4, 0.5) is 11.5 Å². The van der Waals surface area contributed by atoms with Gasteiger partial charge in [-0.2, -0.15) is 0 Å². The molecule has 26 heavy (non-hydrogen) atoms. The first-order valence-corrected chi connectivity index (χ1v) is 8.87. The van der Waals surface area contributed by atoms with E-state index < -0.39 is 11.8 Å². The van der Waals surface area contributed by atoms with Crippen molar-refractivity contribution < 1.29 is 9.59 Å². The van der Waals surface area contributed by atoms with Gasteiger partial charge in [-0.1, -0.05) is 30.3 Å². The van der Waals surface area contributed by atoms with Crippen molar-refractivity contribution in [3.63, 3.8) is 0 Å². The zero-order valence-electron chi connectivity index (χ0n) is 15.2. The molecule has 3 N–H and O–H groups in total. The third-order valence-electron chi connectivity index (χ3n) is 5.07. The Morgan fingerprint density at radius 3 is 2.62 bits per heavy atom. The van der Waals surface area contributed by atoms with E-state index in [1.54, 1.807) is 4.90 Å². The molecule has 1 fully saturated rings. The molecule has 2 heterocycles. The molecular weight excluding hydrogens is 328 g/mol. The summed E-state index contributed by atoms with van der Waals surface area (Å²) in [6, 6.07) is 9.81. The third-order valence-corrected chi connectivity index (χ3v) is 5.07. The summed E-state index contributed by atoms with van der Waals surface area (Å²) in [6.07, 6.45) is 4.31. The monoisotopic (exact) mass is 352 g/mol. The highest BCUT2D eigenvalue weighted by Crippen LogP contribution is 2.31. The van der Waals surface area contributed by atoms with Crippen LogP contribution in [0, 0.1) is 13.8 Å². The quantitative estimate of drug-likeness (QED) is 0.813. The Morgan fingerprint density at radius 2 is 1.88 bits per heavy atom. The molecule has 1 aromatic heterocycles. The largest absolute Gasteiger partial charge is 0.383 e. The summed E-state index contributed by atoms with van der Waals surface area (Å²) < 4.78 is 0. The molecule has 6 heteroatoms. The fourth-order valence-electron chi connectivity index (χ4n) is 3.35. The molecule has 0 aliphatic carbocycles. The molecule has 3 rings (SSSR count). The molecule has 136 valence electrons. The molecule has 1 atom stereocenters. The average molecular weight is 352 g/mol. The molecule has 2 amide bonds. The lowest BCUT2D eigenvalue weighted by Crippen LogP contribution is -2.44. The summed E-state index contributed by atoms with van der Waals surface area (Å²) >= 11 is 0. The van der Waals surface area contributed by atoms with E-state index in [9.17, 15) is 9.59 Å². The summed E-state index contributed by atoms with van der Waals surface area (Å²) in [5, 5.41) is 2.70. The van der Waals surface area contributed by atoms with Gasteiger partial charge in [-0.15, -0.1) is 0 Å². The van der Waals surface area contributed by atoms with Crippen LogP contribution < -0.4 is 11.1 Å². The maximum Gasteiger partial charge on any atom is 0.313 e. The van der Waals surface area contributed by atoms with Gasteiger partial charge in [0.15, 0.2) is 0 Å². The highest BCUT2D eigenvalue weighted by atomic mass is 16.2. The first kappa shape index (κ1) is 17.9. The minimum absolute atomic E-state index is 0.0597. The molecule has 0 radical (unpaired) electrons. The molecule has 0 unspecified atom stereocenters. The topological polar surface area (TPSA) is 88.3 Å². The number of rotatable bonds is 2. The molecule has 0 bridgehead atoms. The van der Waals surface area contributed by atoms with Gasteiger partial charge in [0.1, 0.15) is 5.82 Å². The van der Waals surface area contributed by atoms with Gasteiger partial charge >= 0.3 is 11.8 Å². The van der Waals surface area contributed by atoms with Gasteiger partial charge in [0.05, 0.1) is 17.9 Å². The minimum Gasteiger partial charge on any atom is -0.383 e. The Kier molecular flexibility index (Phi) is 5.21. The standard InChI is InChI=1S/C20H24N4O2/c1-13-14(2)18(21)22-12-16(13)23-19(25)20(26)24-11-7-6-10-17(24)15-8-4-3-5-9-15/h3-5,8-9,12,17H,6-7,10-11H2,1-2H3,(H2,21,22)(H,23,25)/t17-/m1/s1. The van der Waals surface area contributed by atoms with Crippen LogP contribution in [0.25, 0.3) is 0 Å². The van der Waals surface area contributed by atoms with Crippen molar-refractivity contribution in [3.8, 4) is 0 Å². The van der Waals surface area contributed by atoms with E-state index in [2.05, 4.69) is 10.3 Å². The van der Waals surface area contributed by atoms with Crippen LogP contribution in [0.3, 0.4) is 0 Å².